The SMILES string of the molecule is C[C@H](N)C(=O)O[C@@H](CC[C@H]1C(=O)N(c2ccc(F)cc2)[C@@H]1c1ccc(OCc2ccccc2)cc1)c1ccc(F)cc1. The molecule has 1 saturated heterocycles. The highest BCUT2D eigenvalue weighted by Gasteiger charge is 2.48. The maximum atomic E-state index is 13.7. The third-order valence-electron chi connectivity index (χ3n) is 7.40. The number of hydrogen-bond acceptors (Lipinski definition) is 5. The van der Waals surface area contributed by atoms with Gasteiger partial charge in [0.2, 0.25) is 5.91 Å². The standard InChI is InChI=1S/C34H32F2N2O4/c1-22(37)34(40)42-31(24-7-11-26(35)12-8-24)20-19-30-32(38(33(30)39)28-15-13-27(36)14-16-28)25-9-17-29(18-10-25)41-21-23-5-3-2-4-6-23/h2-18,22,30-32H,19-21,37H2,1H3/t22-,30+,31-,32+/m0/s1. The molecule has 1 fully saturated rings. The summed E-state index contributed by atoms with van der Waals surface area (Å²) in [5.74, 6) is -1.23. The topological polar surface area (TPSA) is 81.9 Å². The van der Waals surface area contributed by atoms with Gasteiger partial charge in [0.15, 0.2) is 0 Å². The molecule has 0 radical (unpaired) electrons. The van der Waals surface area contributed by atoms with E-state index in [0.29, 0.717) is 36.4 Å². The number of rotatable bonds is 11. The first-order valence-electron chi connectivity index (χ1n) is 13.9. The number of nitrogens with two attached hydrogens (primary N) is 1. The van der Waals surface area contributed by atoms with Gasteiger partial charge in [0.05, 0.1) is 12.0 Å². The summed E-state index contributed by atoms with van der Waals surface area (Å²) in [6.45, 7) is 1.96. The molecule has 1 heterocycles. The minimum absolute atomic E-state index is 0.118. The van der Waals surface area contributed by atoms with Crippen molar-refractivity contribution in [2.24, 2.45) is 11.7 Å². The van der Waals surface area contributed by atoms with Crippen LogP contribution >= 0.6 is 0 Å². The fraction of sp³-hybridized carbons (Fsp3) is 0.235. The van der Waals surface area contributed by atoms with Crippen molar-refractivity contribution in [3.8, 4) is 5.75 Å². The maximum Gasteiger partial charge on any atom is 0.323 e. The largest absolute Gasteiger partial charge is 0.489 e. The highest BCUT2D eigenvalue weighted by molar-refractivity contribution is 6.03. The van der Waals surface area contributed by atoms with Gasteiger partial charge in [0.1, 0.15) is 36.1 Å². The van der Waals surface area contributed by atoms with Crippen molar-refractivity contribution in [1.82, 2.24) is 0 Å². The van der Waals surface area contributed by atoms with Gasteiger partial charge in [-0.2, -0.15) is 0 Å². The highest BCUT2D eigenvalue weighted by atomic mass is 19.1. The molecule has 0 bridgehead atoms. The van der Waals surface area contributed by atoms with Crippen LogP contribution in [0.25, 0.3) is 0 Å². The molecule has 216 valence electrons. The number of carbonyl (C=O) groups excluding carboxylic acids is 2. The molecule has 42 heavy (non-hydrogen) atoms. The maximum absolute atomic E-state index is 13.7. The van der Waals surface area contributed by atoms with Gasteiger partial charge in [-0.05, 0) is 85.0 Å². The fourth-order valence-electron chi connectivity index (χ4n) is 5.15. The summed E-state index contributed by atoms with van der Waals surface area (Å²) in [7, 11) is 0. The molecule has 8 heteroatoms. The Balaban J connectivity index is 1.36. The Morgan fingerprint density at radius 2 is 1.50 bits per heavy atom. The molecule has 0 saturated carbocycles. The van der Waals surface area contributed by atoms with E-state index in [-0.39, 0.29) is 11.9 Å². The second-order valence-corrected chi connectivity index (χ2v) is 10.4. The Bertz CT molecular complexity index is 1490. The second-order valence-electron chi connectivity index (χ2n) is 10.4. The Hall–Kier alpha value is -4.56. The van der Waals surface area contributed by atoms with Crippen molar-refractivity contribution in [1.29, 1.82) is 0 Å². The smallest absolute Gasteiger partial charge is 0.323 e. The lowest BCUT2D eigenvalue weighted by molar-refractivity contribution is -0.151. The number of carbonyl (C=O) groups is 2. The number of benzene rings is 4. The highest BCUT2D eigenvalue weighted by Crippen LogP contribution is 2.47. The molecule has 0 unspecified atom stereocenters. The normalized spacial score (nSPS) is 17.7. The van der Waals surface area contributed by atoms with E-state index in [1.807, 2.05) is 54.6 Å². The zero-order valence-corrected chi connectivity index (χ0v) is 23.2. The summed E-state index contributed by atoms with van der Waals surface area (Å²) in [5, 5.41) is 0. The van der Waals surface area contributed by atoms with Crippen LogP contribution in [0.3, 0.4) is 0 Å². The minimum Gasteiger partial charge on any atom is -0.489 e. The lowest BCUT2D eigenvalue weighted by Gasteiger charge is -2.48. The predicted molar refractivity (Wildman–Crippen MR) is 155 cm³/mol. The summed E-state index contributed by atoms with van der Waals surface area (Å²) in [6, 6.07) is 27.8. The molecule has 1 amide bonds. The number of hydrogen-bond donors (Lipinski definition) is 1. The van der Waals surface area contributed by atoms with Crippen LogP contribution < -0.4 is 15.4 Å². The van der Waals surface area contributed by atoms with E-state index in [2.05, 4.69) is 0 Å². The van der Waals surface area contributed by atoms with Crippen molar-refractivity contribution in [3.05, 3.63) is 131 Å². The van der Waals surface area contributed by atoms with Gasteiger partial charge in [-0.1, -0.05) is 54.6 Å². The molecule has 0 aliphatic carbocycles. The zero-order valence-electron chi connectivity index (χ0n) is 23.2. The van der Waals surface area contributed by atoms with Crippen molar-refractivity contribution in [3.63, 3.8) is 0 Å². The van der Waals surface area contributed by atoms with E-state index >= 15 is 0 Å². The Labute approximate surface area is 243 Å². The molecule has 6 nitrogen and oxygen atoms in total. The van der Waals surface area contributed by atoms with E-state index in [9.17, 15) is 18.4 Å². The molecular weight excluding hydrogens is 538 g/mol. The number of halogens is 2. The van der Waals surface area contributed by atoms with Gasteiger partial charge >= 0.3 is 5.97 Å². The number of nitrogens with zero attached hydrogens (tertiary/aromatic N) is 1. The lowest BCUT2D eigenvalue weighted by atomic mass is 9.78. The molecule has 5 rings (SSSR count). The second kappa shape index (κ2) is 13.0. The Morgan fingerprint density at radius 1 is 0.881 bits per heavy atom. The summed E-state index contributed by atoms with van der Waals surface area (Å²) >= 11 is 0. The van der Waals surface area contributed by atoms with Crippen molar-refractivity contribution in [2.45, 2.75) is 44.6 Å². The first-order valence-corrected chi connectivity index (χ1v) is 13.9. The van der Waals surface area contributed by atoms with Gasteiger partial charge in [-0.25, -0.2) is 8.78 Å². The molecular formula is C34H32F2N2O4. The van der Waals surface area contributed by atoms with Crippen LogP contribution in [-0.4, -0.2) is 17.9 Å². The molecule has 4 aromatic rings. The third-order valence-corrected chi connectivity index (χ3v) is 7.40. The van der Waals surface area contributed by atoms with Crippen LogP contribution in [0, 0.1) is 17.6 Å². The van der Waals surface area contributed by atoms with E-state index in [1.54, 1.807) is 29.2 Å². The summed E-state index contributed by atoms with van der Waals surface area (Å²) < 4.78 is 38.9. The number of amides is 1. The quantitative estimate of drug-likeness (QED) is 0.161. The van der Waals surface area contributed by atoms with Crippen LogP contribution in [0.2, 0.25) is 0 Å². The zero-order chi connectivity index (χ0) is 29.6. The Kier molecular flexibility index (Phi) is 8.93. The van der Waals surface area contributed by atoms with Crippen LogP contribution in [0.1, 0.15) is 48.6 Å². The van der Waals surface area contributed by atoms with Crippen molar-refractivity contribution < 1.29 is 27.8 Å². The van der Waals surface area contributed by atoms with E-state index in [0.717, 1.165) is 11.1 Å². The molecule has 4 aromatic carbocycles. The lowest BCUT2D eigenvalue weighted by Crippen LogP contribution is -2.55. The van der Waals surface area contributed by atoms with E-state index in [1.165, 1.54) is 31.2 Å². The number of ether oxygens (including phenoxy) is 2. The monoisotopic (exact) mass is 570 g/mol. The van der Waals surface area contributed by atoms with Gasteiger partial charge < -0.3 is 20.1 Å². The number of esters is 1. The van der Waals surface area contributed by atoms with Gasteiger partial charge in [-0.15, -0.1) is 0 Å². The minimum atomic E-state index is -0.831. The van der Waals surface area contributed by atoms with Gasteiger partial charge in [0, 0.05) is 5.69 Å². The summed E-state index contributed by atoms with van der Waals surface area (Å²) in [4.78, 5) is 27.5. The van der Waals surface area contributed by atoms with Crippen LogP contribution in [0.15, 0.2) is 103 Å². The molecule has 1 aliphatic rings. The third kappa shape index (κ3) is 6.66. The van der Waals surface area contributed by atoms with E-state index in [4.69, 9.17) is 15.2 Å². The number of anilines is 1. The van der Waals surface area contributed by atoms with Crippen LogP contribution in [0.5, 0.6) is 5.75 Å². The molecule has 1 aliphatic heterocycles. The fourth-order valence-corrected chi connectivity index (χ4v) is 5.15. The Morgan fingerprint density at radius 3 is 2.12 bits per heavy atom. The van der Waals surface area contributed by atoms with Crippen LogP contribution in [0.4, 0.5) is 14.5 Å². The van der Waals surface area contributed by atoms with Crippen molar-refractivity contribution >= 4 is 17.6 Å². The van der Waals surface area contributed by atoms with Gasteiger partial charge in [-0.3, -0.25) is 9.59 Å². The van der Waals surface area contributed by atoms with Crippen molar-refractivity contribution in [2.75, 3.05) is 4.90 Å². The van der Waals surface area contributed by atoms with Gasteiger partial charge in [0.25, 0.3) is 0 Å². The summed E-state index contributed by atoms with van der Waals surface area (Å²) in [6.07, 6.45) is 0.0139. The molecule has 0 spiro atoms. The van der Waals surface area contributed by atoms with Crippen LogP contribution in [-0.2, 0) is 20.9 Å². The van der Waals surface area contributed by atoms with E-state index < -0.39 is 35.7 Å². The summed E-state index contributed by atoms with van der Waals surface area (Å²) in [5.41, 5.74) is 8.87. The predicted octanol–water partition coefficient (Wildman–Crippen LogP) is 6.66. The number of β-lactam (4-membered cyclic amide) rings is 1. The average molecular weight is 571 g/mol. The first-order chi connectivity index (χ1) is 20.3. The molecule has 0 aromatic heterocycles. The molecule has 4 atom stereocenters. The first kappa shape index (κ1) is 29.0. The molecule has 2 N–H and O–H groups in total. The average Bonchev–Trinajstić information content (AvgIpc) is 3.00.